The fourth-order valence-corrected chi connectivity index (χ4v) is 4.02. The number of rotatable bonds is 5. The molecule has 1 aromatic heterocycles. The van der Waals surface area contributed by atoms with Crippen LogP contribution in [0.4, 0.5) is 0 Å². The molecular weight excluding hydrogens is 495 g/mol. The second kappa shape index (κ2) is 10.4. The van der Waals surface area contributed by atoms with Gasteiger partial charge in [0.05, 0.1) is 19.3 Å². The molecule has 1 saturated heterocycles. The van der Waals surface area contributed by atoms with Gasteiger partial charge in [0.15, 0.2) is 11.8 Å². The molecule has 0 spiro atoms. The summed E-state index contributed by atoms with van der Waals surface area (Å²) in [4.78, 5) is 7.28. The third kappa shape index (κ3) is 5.05. The van der Waals surface area contributed by atoms with E-state index in [1.165, 1.54) is 5.56 Å². The van der Waals surface area contributed by atoms with E-state index in [0.29, 0.717) is 19.1 Å². The summed E-state index contributed by atoms with van der Waals surface area (Å²) < 4.78 is 13.2. The Morgan fingerprint density at radius 1 is 1.30 bits per heavy atom. The largest absolute Gasteiger partial charge is 0.493 e. The lowest BCUT2D eigenvalue weighted by atomic mass is 10.0. The monoisotopic (exact) mass is 526 g/mol. The van der Waals surface area contributed by atoms with E-state index in [1.54, 1.807) is 7.11 Å². The highest BCUT2D eigenvalue weighted by molar-refractivity contribution is 14.0. The van der Waals surface area contributed by atoms with Gasteiger partial charge in [0.25, 0.3) is 0 Å². The fraction of sp³-hybridized carbons (Fsp3) is 0.571. The summed E-state index contributed by atoms with van der Waals surface area (Å²) >= 11 is 0. The van der Waals surface area contributed by atoms with Crippen molar-refractivity contribution < 1.29 is 9.47 Å². The second-order valence-electron chi connectivity index (χ2n) is 7.79. The van der Waals surface area contributed by atoms with E-state index in [4.69, 9.17) is 14.5 Å². The smallest absolute Gasteiger partial charge is 0.194 e. The molecule has 0 amide bonds. The molecule has 30 heavy (non-hydrogen) atoms. The van der Waals surface area contributed by atoms with Crippen molar-refractivity contribution in [2.24, 2.45) is 18.0 Å². The first-order chi connectivity index (χ1) is 14.2. The highest BCUT2D eigenvalue weighted by Gasteiger charge is 2.28. The highest BCUT2D eigenvalue weighted by Crippen LogP contribution is 2.32. The number of halogens is 1. The number of aliphatic imine (C=N–C) groups is 1. The Balaban J connectivity index is 0.00000256. The number of methoxy groups -OCH3 is 1. The number of hydrogen-bond acceptors (Lipinski definition) is 5. The third-order valence-electron chi connectivity index (χ3n) is 5.80. The molecule has 2 aliphatic heterocycles. The van der Waals surface area contributed by atoms with Gasteiger partial charge in [-0.05, 0) is 19.4 Å². The number of nitrogens with zero attached hydrogens (tertiary/aromatic N) is 5. The predicted octanol–water partition coefficient (Wildman–Crippen LogP) is 2.68. The Bertz CT molecular complexity index is 871. The van der Waals surface area contributed by atoms with E-state index in [2.05, 4.69) is 32.5 Å². The molecular formula is C21H31IN6O2. The van der Waals surface area contributed by atoms with Crippen LogP contribution in [0.5, 0.6) is 5.75 Å². The zero-order valence-corrected chi connectivity index (χ0v) is 20.2. The van der Waals surface area contributed by atoms with E-state index in [9.17, 15) is 0 Å². The van der Waals surface area contributed by atoms with Crippen molar-refractivity contribution >= 4 is 29.9 Å². The third-order valence-corrected chi connectivity index (χ3v) is 5.80. The van der Waals surface area contributed by atoms with Crippen molar-refractivity contribution in [3.8, 4) is 5.75 Å². The average molecular weight is 526 g/mol. The molecule has 1 fully saturated rings. The van der Waals surface area contributed by atoms with Crippen molar-refractivity contribution in [3.05, 3.63) is 41.5 Å². The average Bonchev–Trinajstić information content (AvgIpc) is 3.33. The molecule has 2 atom stereocenters. The van der Waals surface area contributed by atoms with Gasteiger partial charge < -0.3 is 24.3 Å². The first kappa shape index (κ1) is 22.8. The molecule has 2 aliphatic rings. The van der Waals surface area contributed by atoms with Gasteiger partial charge >= 0.3 is 0 Å². The number of aromatic nitrogens is 3. The van der Waals surface area contributed by atoms with Crippen molar-refractivity contribution in [1.82, 2.24) is 25.0 Å². The van der Waals surface area contributed by atoms with Crippen LogP contribution in [0, 0.1) is 12.8 Å². The Kier molecular flexibility index (Phi) is 7.93. The van der Waals surface area contributed by atoms with Crippen LogP contribution in [-0.2, 0) is 18.3 Å². The zero-order chi connectivity index (χ0) is 20.2. The maximum absolute atomic E-state index is 5.83. The maximum atomic E-state index is 5.83. The molecule has 1 N–H and O–H groups in total. The molecule has 0 aliphatic carbocycles. The minimum Gasteiger partial charge on any atom is -0.493 e. The minimum absolute atomic E-state index is 0. The van der Waals surface area contributed by atoms with Crippen molar-refractivity contribution in [3.63, 3.8) is 0 Å². The topological polar surface area (TPSA) is 76.8 Å². The number of nitrogens with one attached hydrogen (secondary N) is 1. The van der Waals surface area contributed by atoms with Gasteiger partial charge in [-0.2, -0.15) is 0 Å². The second-order valence-corrected chi connectivity index (χ2v) is 7.79. The first-order valence-electron chi connectivity index (χ1n) is 10.3. The molecule has 1 aromatic carbocycles. The number of guanidine groups is 1. The summed E-state index contributed by atoms with van der Waals surface area (Å²) in [6, 6.07) is 8.43. The summed E-state index contributed by atoms with van der Waals surface area (Å²) in [6.45, 7) is 5.86. The molecule has 2 aromatic rings. The number of fused-ring (bicyclic) bond motifs is 1. The Labute approximate surface area is 195 Å². The lowest BCUT2D eigenvalue weighted by molar-refractivity contribution is 0.157. The minimum atomic E-state index is 0. The Hall–Kier alpha value is -1.88. The van der Waals surface area contributed by atoms with Gasteiger partial charge in [-0.1, -0.05) is 18.2 Å². The van der Waals surface area contributed by atoms with Gasteiger partial charge in [0.1, 0.15) is 18.1 Å². The van der Waals surface area contributed by atoms with Gasteiger partial charge in [-0.15, -0.1) is 34.2 Å². The van der Waals surface area contributed by atoms with Gasteiger partial charge in [-0.3, -0.25) is 0 Å². The Morgan fingerprint density at radius 2 is 2.13 bits per heavy atom. The normalized spacial score (nSPS) is 21.0. The summed E-state index contributed by atoms with van der Waals surface area (Å²) in [7, 11) is 3.75. The summed E-state index contributed by atoms with van der Waals surface area (Å²) in [5.41, 5.74) is 1.19. The van der Waals surface area contributed by atoms with Crippen molar-refractivity contribution in [2.75, 3.05) is 33.4 Å². The van der Waals surface area contributed by atoms with Gasteiger partial charge in [0, 0.05) is 45.1 Å². The van der Waals surface area contributed by atoms with E-state index >= 15 is 0 Å². The number of likely N-dealkylation sites (tertiary alicyclic amines) is 1. The van der Waals surface area contributed by atoms with Crippen molar-refractivity contribution in [2.45, 2.75) is 32.4 Å². The van der Waals surface area contributed by atoms with Crippen LogP contribution in [0.25, 0.3) is 0 Å². The molecule has 0 saturated carbocycles. The molecule has 2 unspecified atom stereocenters. The standard InChI is InChI=1S/C21H30N6O2.HI/c1-15-24-25-20(26(15)2)12-22-21(27-10-8-16(13-27)14-28-3)23-18-9-11-29-19-7-5-4-6-17(18)19;/h4-7,16,18H,8-14H2,1-3H3,(H,22,23);1H. The molecule has 8 nitrogen and oxygen atoms in total. The van der Waals surface area contributed by atoms with Crippen LogP contribution < -0.4 is 10.1 Å². The van der Waals surface area contributed by atoms with E-state index in [1.807, 2.05) is 30.7 Å². The SMILES string of the molecule is COCC1CCN(C(=NCc2nnc(C)n2C)NC2CCOc3ccccc32)C1.I. The number of para-hydroxylation sites is 1. The summed E-state index contributed by atoms with van der Waals surface area (Å²) in [5, 5.41) is 12.1. The molecule has 0 radical (unpaired) electrons. The van der Waals surface area contributed by atoms with Crippen LogP contribution in [0.1, 0.15) is 36.1 Å². The highest BCUT2D eigenvalue weighted by atomic mass is 127. The van der Waals surface area contributed by atoms with Gasteiger partial charge in [0.2, 0.25) is 0 Å². The molecule has 4 rings (SSSR count). The van der Waals surface area contributed by atoms with Crippen LogP contribution in [0.15, 0.2) is 29.3 Å². The van der Waals surface area contributed by atoms with Gasteiger partial charge in [-0.25, -0.2) is 4.99 Å². The number of benzene rings is 1. The fourth-order valence-electron chi connectivity index (χ4n) is 4.02. The first-order valence-corrected chi connectivity index (χ1v) is 10.3. The summed E-state index contributed by atoms with van der Waals surface area (Å²) in [5.74, 6) is 4.17. The Morgan fingerprint density at radius 3 is 2.90 bits per heavy atom. The maximum Gasteiger partial charge on any atom is 0.194 e. The molecule has 3 heterocycles. The predicted molar refractivity (Wildman–Crippen MR) is 126 cm³/mol. The molecule has 9 heteroatoms. The van der Waals surface area contributed by atoms with Crippen LogP contribution >= 0.6 is 24.0 Å². The quantitative estimate of drug-likeness (QED) is 0.367. The van der Waals surface area contributed by atoms with Crippen LogP contribution in [0.3, 0.4) is 0 Å². The lowest BCUT2D eigenvalue weighted by Gasteiger charge is -2.31. The number of hydrogen-bond donors (Lipinski definition) is 1. The van der Waals surface area contributed by atoms with E-state index < -0.39 is 0 Å². The number of aryl methyl sites for hydroxylation is 1. The van der Waals surface area contributed by atoms with Crippen LogP contribution in [-0.4, -0.2) is 59.0 Å². The van der Waals surface area contributed by atoms with E-state index in [0.717, 1.165) is 55.9 Å². The van der Waals surface area contributed by atoms with Crippen molar-refractivity contribution in [1.29, 1.82) is 0 Å². The van der Waals surface area contributed by atoms with E-state index in [-0.39, 0.29) is 30.0 Å². The molecule has 164 valence electrons. The van der Waals surface area contributed by atoms with Crippen LogP contribution in [0.2, 0.25) is 0 Å². The lowest BCUT2D eigenvalue weighted by Crippen LogP contribution is -2.43. The summed E-state index contributed by atoms with van der Waals surface area (Å²) in [6.07, 6.45) is 2.02. The number of ether oxygens (including phenoxy) is 2. The zero-order valence-electron chi connectivity index (χ0n) is 17.9. The molecule has 0 bridgehead atoms.